The van der Waals surface area contributed by atoms with Gasteiger partial charge in [0.05, 0.1) is 5.54 Å². The third kappa shape index (κ3) is 3.05. The molecule has 0 aromatic carbocycles. The van der Waals surface area contributed by atoms with Gasteiger partial charge in [0.25, 0.3) is 5.91 Å². The number of piperidine rings is 1. The van der Waals surface area contributed by atoms with E-state index in [1.165, 1.54) is 0 Å². The maximum Gasteiger partial charge on any atom is 0.252 e. The lowest BCUT2D eigenvalue weighted by atomic mass is 9.77. The van der Waals surface area contributed by atoms with E-state index in [2.05, 4.69) is 10.1 Å². The normalized spacial score (nSPS) is 29.0. The van der Waals surface area contributed by atoms with Gasteiger partial charge in [0.1, 0.15) is 12.1 Å². The van der Waals surface area contributed by atoms with Gasteiger partial charge in [-0.25, -0.2) is 0 Å². The molecular weight excluding hydrogens is 332 g/mol. The van der Waals surface area contributed by atoms with E-state index in [4.69, 9.17) is 15.0 Å². The zero-order valence-electron chi connectivity index (χ0n) is 13.8. The van der Waals surface area contributed by atoms with E-state index in [1.54, 1.807) is 0 Å². The fraction of sp³-hybridized carbons (Fsp3) is 0.812. The first-order valence-electron chi connectivity index (χ1n) is 8.72. The molecule has 7 nitrogen and oxygen atoms in total. The number of nitrogens with zero attached hydrogens (tertiary/aromatic N) is 3. The molecule has 1 saturated carbocycles. The summed E-state index contributed by atoms with van der Waals surface area (Å²) in [5.74, 6) is 1.19. The predicted molar refractivity (Wildman–Crippen MR) is 88.5 cm³/mol. The van der Waals surface area contributed by atoms with Crippen LogP contribution in [0.25, 0.3) is 0 Å². The maximum atomic E-state index is 12.7. The molecule has 3 fully saturated rings. The molecule has 4 rings (SSSR count). The molecule has 0 bridgehead atoms. The van der Waals surface area contributed by atoms with Gasteiger partial charge < -0.3 is 19.9 Å². The number of hydrogen-bond donors (Lipinski definition) is 1. The third-order valence-electron chi connectivity index (χ3n) is 5.41. The fourth-order valence-corrected chi connectivity index (χ4v) is 3.76. The summed E-state index contributed by atoms with van der Waals surface area (Å²) in [5, 5.41) is 4.10. The van der Waals surface area contributed by atoms with E-state index < -0.39 is 5.54 Å². The fourth-order valence-electron chi connectivity index (χ4n) is 3.76. The second kappa shape index (κ2) is 6.98. The molecule has 1 aromatic rings. The molecule has 2 saturated heterocycles. The Labute approximate surface area is 147 Å². The van der Waals surface area contributed by atoms with Crippen LogP contribution in [-0.4, -0.2) is 40.2 Å². The summed E-state index contributed by atoms with van der Waals surface area (Å²) in [7, 11) is 0. The Morgan fingerprint density at radius 1 is 1.21 bits per heavy atom. The summed E-state index contributed by atoms with van der Waals surface area (Å²) in [6.07, 6.45) is 7.29. The monoisotopic (exact) mass is 356 g/mol. The molecule has 134 valence electrons. The van der Waals surface area contributed by atoms with Gasteiger partial charge in [-0.05, 0) is 51.4 Å². The van der Waals surface area contributed by atoms with Crippen LogP contribution in [0.2, 0.25) is 0 Å². The van der Waals surface area contributed by atoms with Gasteiger partial charge in [0.2, 0.25) is 5.89 Å². The third-order valence-corrected chi connectivity index (χ3v) is 5.41. The summed E-state index contributed by atoms with van der Waals surface area (Å²) >= 11 is 0. The maximum absolute atomic E-state index is 12.7. The van der Waals surface area contributed by atoms with E-state index in [1.807, 2.05) is 4.90 Å². The average Bonchev–Trinajstić information content (AvgIpc) is 3.23. The Bertz CT molecular complexity index is 584. The van der Waals surface area contributed by atoms with E-state index in [-0.39, 0.29) is 30.5 Å². The van der Waals surface area contributed by atoms with Crippen LogP contribution in [0, 0.1) is 0 Å². The first-order chi connectivity index (χ1) is 11.2. The van der Waals surface area contributed by atoms with Crippen molar-refractivity contribution in [1.82, 2.24) is 15.0 Å². The van der Waals surface area contributed by atoms with Crippen LogP contribution >= 0.6 is 12.4 Å². The highest BCUT2D eigenvalue weighted by atomic mass is 35.5. The van der Waals surface area contributed by atoms with Crippen molar-refractivity contribution in [2.75, 3.05) is 13.2 Å². The molecule has 2 N–H and O–H groups in total. The summed E-state index contributed by atoms with van der Waals surface area (Å²) in [4.78, 5) is 19.2. The standard InChI is InChI=1S/C16H24N4O3.ClH/c17-16(7-4-8-16)15-18-13(23-19-15)11-5-1-2-9-20(11)14(21)12-6-3-10-22-12;/h11-12H,1-10,17H2;1H. The summed E-state index contributed by atoms with van der Waals surface area (Å²) < 4.78 is 11.1. The molecule has 3 heterocycles. The number of likely N-dealkylation sites (tertiary alicyclic amines) is 1. The van der Waals surface area contributed by atoms with E-state index >= 15 is 0 Å². The van der Waals surface area contributed by atoms with Crippen molar-refractivity contribution in [2.45, 2.75) is 69.1 Å². The van der Waals surface area contributed by atoms with Crippen LogP contribution in [0.1, 0.15) is 69.1 Å². The second-order valence-corrected chi connectivity index (χ2v) is 7.01. The van der Waals surface area contributed by atoms with Gasteiger partial charge in [-0.3, -0.25) is 4.79 Å². The topological polar surface area (TPSA) is 94.5 Å². The van der Waals surface area contributed by atoms with Crippen molar-refractivity contribution < 1.29 is 14.1 Å². The van der Waals surface area contributed by atoms with Gasteiger partial charge >= 0.3 is 0 Å². The number of ether oxygens (including phenoxy) is 1. The number of carbonyl (C=O) groups is 1. The van der Waals surface area contributed by atoms with Crippen molar-refractivity contribution in [3.63, 3.8) is 0 Å². The van der Waals surface area contributed by atoms with Crippen molar-refractivity contribution in [3.05, 3.63) is 11.7 Å². The Morgan fingerprint density at radius 2 is 2.04 bits per heavy atom. The molecule has 3 aliphatic rings. The number of carbonyl (C=O) groups excluding carboxylic acids is 1. The number of hydrogen-bond acceptors (Lipinski definition) is 6. The van der Waals surface area contributed by atoms with Gasteiger partial charge in [0, 0.05) is 13.2 Å². The van der Waals surface area contributed by atoms with Crippen LogP contribution in [0.3, 0.4) is 0 Å². The summed E-state index contributed by atoms with van der Waals surface area (Å²) in [6.45, 7) is 1.41. The number of aromatic nitrogens is 2. The minimum absolute atomic E-state index is 0. The Morgan fingerprint density at radius 3 is 2.71 bits per heavy atom. The molecule has 2 unspecified atom stereocenters. The molecule has 0 spiro atoms. The highest BCUT2D eigenvalue weighted by Crippen LogP contribution is 2.38. The summed E-state index contributed by atoms with van der Waals surface area (Å²) in [6, 6.07) is -0.134. The van der Waals surface area contributed by atoms with Gasteiger partial charge in [-0.2, -0.15) is 4.98 Å². The van der Waals surface area contributed by atoms with Crippen LogP contribution in [0.15, 0.2) is 4.52 Å². The first-order valence-corrected chi connectivity index (χ1v) is 8.72. The van der Waals surface area contributed by atoms with Crippen LogP contribution < -0.4 is 5.73 Å². The number of amides is 1. The second-order valence-electron chi connectivity index (χ2n) is 7.01. The molecule has 1 aromatic heterocycles. The predicted octanol–water partition coefficient (Wildman–Crippen LogP) is 2.06. The Kier molecular flexibility index (Phi) is 5.13. The van der Waals surface area contributed by atoms with Crippen molar-refractivity contribution in [2.24, 2.45) is 5.73 Å². The zero-order chi connectivity index (χ0) is 15.9. The molecule has 1 amide bonds. The molecular formula is C16H25ClN4O3. The lowest BCUT2D eigenvalue weighted by Gasteiger charge is -2.35. The lowest BCUT2D eigenvalue weighted by molar-refractivity contribution is -0.145. The van der Waals surface area contributed by atoms with Crippen LogP contribution in [-0.2, 0) is 15.1 Å². The van der Waals surface area contributed by atoms with Crippen molar-refractivity contribution in [3.8, 4) is 0 Å². The first kappa shape index (κ1) is 17.6. The van der Waals surface area contributed by atoms with Crippen LogP contribution in [0.5, 0.6) is 0 Å². The highest BCUT2D eigenvalue weighted by molar-refractivity contribution is 5.85. The molecule has 1 aliphatic carbocycles. The SMILES string of the molecule is Cl.NC1(c2noc(C3CCCCN3C(=O)C3CCCO3)n2)CCC1. The van der Waals surface area contributed by atoms with Crippen molar-refractivity contribution >= 4 is 18.3 Å². The number of nitrogens with two attached hydrogens (primary N) is 1. The number of halogens is 1. The highest BCUT2D eigenvalue weighted by Gasteiger charge is 2.41. The molecule has 0 radical (unpaired) electrons. The van der Waals surface area contributed by atoms with E-state index in [0.717, 1.165) is 57.9 Å². The quantitative estimate of drug-likeness (QED) is 0.890. The smallest absolute Gasteiger partial charge is 0.252 e. The average molecular weight is 357 g/mol. The van der Waals surface area contributed by atoms with Crippen LogP contribution in [0.4, 0.5) is 0 Å². The van der Waals surface area contributed by atoms with E-state index in [9.17, 15) is 4.79 Å². The largest absolute Gasteiger partial charge is 0.368 e. The molecule has 24 heavy (non-hydrogen) atoms. The number of rotatable bonds is 3. The molecule has 2 atom stereocenters. The minimum atomic E-state index is -0.431. The lowest BCUT2D eigenvalue weighted by Crippen LogP contribution is -2.45. The Hall–Kier alpha value is -1.18. The van der Waals surface area contributed by atoms with Crippen molar-refractivity contribution in [1.29, 1.82) is 0 Å². The van der Waals surface area contributed by atoms with Gasteiger partial charge in [-0.15, -0.1) is 12.4 Å². The van der Waals surface area contributed by atoms with Gasteiger partial charge in [-0.1, -0.05) is 5.16 Å². The minimum Gasteiger partial charge on any atom is -0.368 e. The summed E-state index contributed by atoms with van der Waals surface area (Å²) in [5.41, 5.74) is 5.84. The Balaban J connectivity index is 0.00000169. The van der Waals surface area contributed by atoms with Gasteiger partial charge in [0.15, 0.2) is 5.82 Å². The molecule has 2 aliphatic heterocycles. The van der Waals surface area contributed by atoms with E-state index in [0.29, 0.717) is 18.3 Å². The zero-order valence-corrected chi connectivity index (χ0v) is 14.6. The molecule has 8 heteroatoms.